The molecule has 2 heterocycles. The highest BCUT2D eigenvalue weighted by Crippen LogP contribution is 2.44. The summed E-state index contributed by atoms with van der Waals surface area (Å²) in [6, 6.07) is 0.0989. The molecule has 1 saturated carbocycles. The molecule has 0 radical (unpaired) electrons. The van der Waals surface area contributed by atoms with Crippen molar-refractivity contribution < 1.29 is 9.32 Å². The van der Waals surface area contributed by atoms with Gasteiger partial charge in [-0.3, -0.25) is 4.79 Å². The minimum atomic E-state index is -0.175. The highest BCUT2D eigenvalue weighted by atomic mass is 35.5. The Morgan fingerprint density at radius 1 is 1.48 bits per heavy atom. The standard InChI is InChI=1S/C17H27N3O2.ClH/c1-11(8-15-12(2)20-22-13(15)3)19-16(21)17-7-5-4-6-14(17)9-18-10-17;/h11,14,18H,4-10H2,1-3H3,(H,19,21);1H/t11?,14-,17+;/m0./s1. The minimum absolute atomic E-state index is 0. The van der Waals surface area contributed by atoms with Crippen LogP contribution in [0.25, 0.3) is 0 Å². The van der Waals surface area contributed by atoms with Gasteiger partial charge in [0.15, 0.2) is 0 Å². The van der Waals surface area contributed by atoms with Crippen LogP contribution in [0.15, 0.2) is 4.52 Å². The van der Waals surface area contributed by atoms with Crippen molar-refractivity contribution >= 4 is 18.3 Å². The van der Waals surface area contributed by atoms with Gasteiger partial charge in [-0.15, -0.1) is 12.4 Å². The van der Waals surface area contributed by atoms with Crippen molar-refractivity contribution in [2.24, 2.45) is 11.3 Å². The van der Waals surface area contributed by atoms with Crippen LogP contribution in [0.2, 0.25) is 0 Å². The number of carbonyl (C=O) groups is 1. The summed E-state index contributed by atoms with van der Waals surface area (Å²) in [7, 11) is 0. The Morgan fingerprint density at radius 2 is 2.26 bits per heavy atom. The third kappa shape index (κ3) is 3.41. The van der Waals surface area contributed by atoms with Crippen molar-refractivity contribution in [2.75, 3.05) is 13.1 Å². The molecule has 1 amide bonds. The van der Waals surface area contributed by atoms with Gasteiger partial charge in [-0.05, 0) is 52.5 Å². The molecule has 1 aromatic heterocycles. The maximum absolute atomic E-state index is 12.9. The third-order valence-corrected chi connectivity index (χ3v) is 5.56. The molecule has 0 bridgehead atoms. The van der Waals surface area contributed by atoms with Gasteiger partial charge in [0, 0.05) is 18.2 Å². The lowest BCUT2D eigenvalue weighted by Crippen LogP contribution is -2.50. The molecule has 1 aliphatic carbocycles. The Hall–Kier alpha value is -1.07. The quantitative estimate of drug-likeness (QED) is 0.883. The van der Waals surface area contributed by atoms with Crippen molar-refractivity contribution in [3.8, 4) is 0 Å². The molecule has 5 nitrogen and oxygen atoms in total. The monoisotopic (exact) mass is 341 g/mol. The zero-order valence-corrected chi connectivity index (χ0v) is 15.1. The van der Waals surface area contributed by atoms with Gasteiger partial charge in [0.2, 0.25) is 5.91 Å². The Bertz CT molecular complexity index is 541. The molecule has 2 fully saturated rings. The van der Waals surface area contributed by atoms with Crippen LogP contribution in [0.5, 0.6) is 0 Å². The molecule has 6 heteroatoms. The summed E-state index contributed by atoms with van der Waals surface area (Å²) in [5.41, 5.74) is 1.87. The number of hydrogen-bond donors (Lipinski definition) is 2. The summed E-state index contributed by atoms with van der Waals surface area (Å²) in [6.45, 7) is 7.78. The second-order valence-electron chi connectivity index (χ2n) is 7.11. The number of carbonyl (C=O) groups excluding carboxylic acids is 1. The molecule has 3 rings (SSSR count). The molecule has 23 heavy (non-hydrogen) atoms. The van der Waals surface area contributed by atoms with Gasteiger partial charge in [-0.1, -0.05) is 18.0 Å². The van der Waals surface area contributed by atoms with E-state index in [1.54, 1.807) is 0 Å². The van der Waals surface area contributed by atoms with E-state index in [0.717, 1.165) is 42.9 Å². The average Bonchev–Trinajstić information content (AvgIpc) is 3.06. The Balaban J connectivity index is 0.00000192. The molecule has 130 valence electrons. The van der Waals surface area contributed by atoms with Crippen LogP contribution in [0.4, 0.5) is 0 Å². The number of nitrogens with one attached hydrogen (secondary N) is 2. The van der Waals surface area contributed by atoms with Crippen molar-refractivity contribution in [3.05, 3.63) is 17.0 Å². The fraction of sp³-hybridized carbons (Fsp3) is 0.765. The van der Waals surface area contributed by atoms with Crippen LogP contribution in [0.3, 0.4) is 0 Å². The average molecular weight is 342 g/mol. The van der Waals surface area contributed by atoms with E-state index in [1.165, 1.54) is 19.3 Å². The lowest BCUT2D eigenvalue weighted by molar-refractivity contribution is -0.134. The predicted molar refractivity (Wildman–Crippen MR) is 91.8 cm³/mol. The number of amides is 1. The topological polar surface area (TPSA) is 67.2 Å². The second-order valence-corrected chi connectivity index (χ2v) is 7.11. The number of nitrogens with zero attached hydrogens (tertiary/aromatic N) is 1. The van der Waals surface area contributed by atoms with Gasteiger partial charge >= 0.3 is 0 Å². The highest BCUT2D eigenvalue weighted by molar-refractivity contribution is 5.85. The van der Waals surface area contributed by atoms with Gasteiger partial charge in [0.05, 0.1) is 11.1 Å². The molecule has 1 saturated heterocycles. The normalized spacial score (nSPS) is 27.9. The first kappa shape index (κ1) is 18.3. The van der Waals surface area contributed by atoms with Crippen LogP contribution in [-0.4, -0.2) is 30.2 Å². The molecule has 2 aliphatic rings. The van der Waals surface area contributed by atoms with Crippen LogP contribution in [0.1, 0.15) is 49.6 Å². The fourth-order valence-electron chi connectivity index (χ4n) is 4.21. The number of aromatic nitrogens is 1. The molecule has 1 aliphatic heterocycles. The SMILES string of the molecule is Cc1noc(C)c1CC(C)NC(=O)[C@@]12CCCC[C@H]1CNC2.Cl. The van der Waals surface area contributed by atoms with E-state index in [2.05, 4.69) is 22.7 Å². The largest absolute Gasteiger partial charge is 0.361 e. The van der Waals surface area contributed by atoms with Crippen LogP contribution < -0.4 is 10.6 Å². The van der Waals surface area contributed by atoms with E-state index in [0.29, 0.717) is 5.92 Å². The van der Waals surface area contributed by atoms with E-state index in [4.69, 9.17) is 4.52 Å². The molecule has 3 atom stereocenters. The fourth-order valence-corrected chi connectivity index (χ4v) is 4.21. The van der Waals surface area contributed by atoms with E-state index >= 15 is 0 Å². The smallest absolute Gasteiger partial charge is 0.228 e. The molecule has 0 spiro atoms. The first-order chi connectivity index (χ1) is 10.5. The summed E-state index contributed by atoms with van der Waals surface area (Å²) in [6.07, 6.45) is 5.41. The highest BCUT2D eigenvalue weighted by Gasteiger charge is 2.49. The molecule has 1 unspecified atom stereocenters. The second kappa shape index (κ2) is 7.22. The third-order valence-electron chi connectivity index (χ3n) is 5.56. The number of hydrogen-bond acceptors (Lipinski definition) is 4. The van der Waals surface area contributed by atoms with Gasteiger partial charge in [0.1, 0.15) is 5.76 Å². The zero-order valence-electron chi connectivity index (χ0n) is 14.3. The first-order valence-electron chi connectivity index (χ1n) is 8.46. The maximum Gasteiger partial charge on any atom is 0.228 e. The lowest BCUT2D eigenvalue weighted by atomic mass is 9.67. The molecule has 1 aromatic rings. The predicted octanol–water partition coefficient (Wildman–Crippen LogP) is 2.54. The summed E-state index contributed by atoms with van der Waals surface area (Å²) < 4.78 is 5.21. The van der Waals surface area contributed by atoms with E-state index in [-0.39, 0.29) is 29.8 Å². The van der Waals surface area contributed by atoms with Gasteiger partial charge in [-0.25, -0.2) is 0 Å². The summed E-state index contributed by atoms with van der Waals surface area (Å²) in [4.78, 5) is 12.9. The minimum Gasteiger partial charge on any atom is -0.361 e. The van der Waals surface area contributed by atoms with E-state index in [1.807, 2.05) is 13.8 Å². The lowest BCUT2D eigenvalue weighted by Gasteiger charge is -2.38. The van der Waals surface area contributed by atoms with Crippen molar-refractivity contribution in [2.45, 2.75) is 58.9 Å². The Labute approximate surface area is 144 Å². The number of aryl methyl sites for hydroxylation is 2. The van der Waals surface area contributed by atoms with E-state index in [9.17, 15) is 4.79 Å². The summed E-state index contributed by atoms with van der Waals surface area (Å²) in [5, 5.41) is 10.7. The van der Waals surface area contributed by atoms with Crippen LogP contribution in [-0.2, 0) is 11.2 Å². The summed E-state index contributed by atoms with van der Waals surface area (Å²) >= 11 is 0. The summed E-state index contributed by atoms with van der Waals surface area (Å²) in [5.74, 6) is 1.60. The van der Waals surface area contributed by atoms with Crippen molar-refractivity contribution in [1.82, 2.24) is 15.8 Å². The first-order valence-corrected chi connectivity index (χ1v) is 8.46. The Morgan fingerprint density at radius 3 is 2.96 bits per heavy atom. The van der Waals surface area contributed by atoms with Crippen molar-refractivity contribution in [3.63, 3.8) is 0 Å². The zero-order chi connectivity index (χ0) is 15.7. The van der Waals surface area contributed by atoms with Gasteiger partial charge in [-0.2, -0.15) is 0 Å². The van der Waals surface area contributed by atoms with Gasteiger partial charge < -0.3 is 15.2 Å². The van der Waals surface area contributed by atoms with Crippen LogP contribution >= 0.6 is 12.4 Å². The number of halogens is 1. The number of fused-ring (bicyclic) bond motifs is 1. The molecular weight excluding hydrogens is 314 g/mol. The number of rotatable bonds is 4. The van der Waals surface area contributed by atoms with Crippen molar-refractivity contribution in [1.29, 1.82) is 0 Å². The molecule has 2 N–H and O–H groups in total. The van der Waals surface area contributed by atoms with Gasteiger partial charge in [0.25, 0.3) is 0 Å². The van der Waals surface area contributed by atoms with E-state index < -0.39 is 0 Å². The maximum atomic E-state index is 12.9. The molecule has 0 aromatic carbocycles. The Kier molecular flexibility index (Phi) is 5.74. The molecular formula is C17H28ClN3O2. The van der Waals surface area contributed by atoms with Crippen LogP contribution in [0, 0.1) is 25.2 Å².